The molecule has 2 atom stereocenters. The lowest BCUT2D eigenvalue weighted by Crippen LogP contribution is -2.10. The molecular weight excluding hydrogens is 222 g/mol. The predicted octanol–water partition coefficient (Wildman–Crippen LogP) is 3.82. The molecule has 2 heteroatoms. The minimum atomic E-state index is 0.203. The first-order valence-electron chi connectivity index (χ1n) is 7.28. The van der Waals surface area contributed by atoms with Crippen LogP contribution in [-0.2, 0) is 4.74 Å². The Kier molecular flexibility index (Phi) is 5.69. The lowest BCUT2D eigenvalue weighted by molar-refractivity contribution is 0.102. The molecular formula is C16H25NO. The Labute approximate surface area is 111 Å². The highest BCUT2D eigenvalue weighted by molar-refractivity contribution is 5.18. The van der Waals surface area contributed by atoms with Crippen LogP contribution in [0.1, 0.15) is 56.6 Å². The molecule has 1 heterocycles. The van der Waals surface area contributed by atoms with E-state index in [4.69, 9.17) is 10.5 Å². The van der Waals surface area contributed by atoms with Crippen molar-refractivity contribution in [3.05, 3.63) is 35.9 Å². The van der Waals surface area contributed by atoms with Crippen molar-refractivity contribution in [2.75, 3.05) is 6.61 Å². The molecule has 0 amide bonds. The van der Waals surface area contributed by atoms with Gasteiger partial charge in [-0.15, -0.1) is 0 Å². The molecule has 2 rings (SSSR count). The number of rotatable bonds is 7. The van der Waals surface area contributed by atoms with Gasteiger partial charge in [-0.25, -0.2) is 0 Å². The van der Waals surface area contributed by atoms with Gasteiger partial charge in [0, 0.05) is 12.6 Å². The number of unbranched alkanes of at least 4 members (excludes halogenated alkanes) is 2. The number of hydrogen-bond acceptors (Lipinski definition) is 2. The molecule has 0 bridgehead atoms. The first-order chi connectivity index (χ1) is 8.86. The summed E-state index contributed by atoms with van der Waals surface area (Å²) in [5, 5.41) is 0. The van der Waals surface area contributed by atoms with E-state index in [9.17, 15) is 0 Å². The Hall–Kier alpha value is -0.860. The second-order valence-electron chi connectivity index (χ2n) is 5.29. The molecule has 1 aromatic rings. The van der Waals surface area contributed by atoms with Gasteiger partial charge in [-0.05, 0) is 31.2 Å². The molecule has 1 aliphatic rings. The summed E-state index contributed by atoms with van der Waals surface area (Å²) in [5.41, 5.74) is 7.44. The average Bonchev–Trinajstić information content (AvgIpc) is 2.92. The van der Waals surface area contributed by atoms with Crippen LogP contribution in [0.5, 0.6) is 0 Å². The summed E-state index contributed by atoms with van der Waals surface area (Å²) in [6, 6.07) is 10.6. The fourth-order valence-electron chi connectivity index (χ4n) is 2.65. The van der Waals surface area contributed by atoms with Gasteiger partial charge in [-0.1, -0.05) is 49.6 Å². The van der Waals surface area contributed by atoms with Crippen LogP contribution in [0, 0.1) is 0 Å². The lowest BCUT2D eigenvalue weighted by atomic mass is 10.00. The van der Waals surface area contributed by atoms with Crippen LogP contribution in [0.4, 0.5) is 0 Å². The Morgan fingerprint density at radius 2 is 2.00 bits per heavy atom. The first kappa shape index (κ1) is 13.6. The predicted molar refractivity (Wildman–Crippen MR) is 75.4 cm³/mol. The van der Waals surface area contributed by atoms with E-state index in [1.165, 1.54) is 44.1 Å². The maximum absolute atomic E-state index is 6.17. The molecule has 1 aromatic carbocycles. The SMILES string of the molecule is NC(CCCCCC1CCCO1)c1ccccc1. The molecule has 18 heavy (non-hydrogen) atoms. The van der Waals surface area contributed by atoms with E-state index >= 15 is 0 Å². The zero-order valence-corrected chi connectivity index (χ0v) is 11.2. The maximum atomic E-state index is 6.17. The van der Waals surface area contributed by atoms with E-state index in [0.717, 1.165) is 13.0 Å². The molecule has 0 aromatic heterocycles. The van der Waals surface area contributed by atoms with E-state index < -0.39 is 0 Å². The Morgan fingerprint density at radius 1 is 1.17 bits per heavy atom. The van der Waals surface area contributed by atoms with Crippen molar-refractivity contribution in [2.45, 2.75) is 57.1 Å². The number of nitrogens with two attached hydrogens (primary N) is 1. The van der Waals surface area contributed by atoms with Gasteiger partial charge < -0.3 is 10.5 Å². The van der Waals surface area contributed by atoms with Crippen LogP contribution in [0.15, 0.2) is 30.3 Å². The summed E-state index contributed by atoms with van der Waals surface area (Å²) in [4.78, 5) is 0. The summed E-state index contributed by atoms with van der Waals surface area (Å²) in [6.07, 6.45) is 9.19. The van der Waals surface area contributed by atoms with Crippen molar-refractivity contribution in [1.29, 1.82) is 0 Å². The van der Waals surface area contributed by atoms with E-state index in [2.05, 4.69) is 24.3 Å². The molecule has 100 valence electrons. The van der Waals surface area contributed by atoms with Gasteiger partial charge in [-0.2, -0.15) is 0 Å². The van der Waals surface area contributed by atoms with Gasteiger partial charge in [0.2, 0.25) is 0 Å². The number of benzene rings is 1. The zero-order valence-electron chi connectivity index (χ0n) is 11.2. The smallest absolute Gasteiger partial charge is 0.0576 e. The largest absolute Gasteiger partial charge is 0.378 e. The van der Waals surface area contributed by atoms with Crippen molar-refractivity contribution in [1.82, 2.24) is 0 Å². The second-order valence-corrected chi connectivity index (χ2v) is 5.29. The third-order valence-electron chi connectivity index (χ3n) is 3.79. The molecule has 0 aliphatic carbocycles. The first-order valence-corrected chi connectivity index (χ1v) is 7.28. The summed E-state index contributed by atoms with van der Waals surface area (Å²) < 4.78 is 5.63. The highest BCUT2D eigenvalue weighted by atomic mass is 16.5. The van der Waals surface area contributed by atoms with E-state index in [0.29, 0.717) is 6.10 Å². The van der Waals surface area contributed by atoms with E-state index in [1.807, 2.05) is 6.07 Å². The Balaban J connectivity index is 1.55. The normalized spacial score (nSPS) is 21.1. The molecule has 1 fully saturated rings. The highest BCUT2D eigenvalue weighted by Gasteiger charge is 2.14. The van der Waals surface area contributed by atoms with Crippen molar-refractivity contribution in [3.63, 3.8) is 0 Å². The van der Waals surface area contributed by atoms with Crippen molar-refractivity contribution in [3.8, 4) is 0 Å². The van der Waals surface area contributed by atoms with Crippen molar-refractivity contribution >= 4 is 0 Å². The Morgan fingerprint density at radius 3 is 2.72 bits per heavy atom. The van der Waals surface area contributed by atoms with Crippen molar-refractivity contribution in [2.24, 2.45) is 5.73 Å². The van der Waals surface area contributed by atoms with Crippen LogP contribution in [0.2, 0.25) is 0 Å². The third kappa shape index (κ3) is 4.43. The van der Waals surface area contributed by atoms with E-state index in [-0.39, 0.29) is 6.04 Å². The number of ether oxygens (including phenoxy) is 1. The van der Waals surface area contributed by atoms with Crippen molar-refractivity contribution < 1.29 is 4.74 Å². The second kappa shape index (κ2) is 7.55. The lowest BCUT2D eigenvalue weighted by Gasteiger charge is -2.12. The summed E-state index contributed by atoms with van der Waals surface area (Å²) in [5.74, 6) is 0. The molecule has 1 saturated heterocycles. The van der Waals surface area contributed by atoms with Gasteiger partial charge in [0.1, 0.15) is 0 Å². The maximum Gasteiger partial charge on any atom is 0.0576 e. The quantitative estimate of drug-likeness (QED) is 0.743. The van der Waals surface area contributed by atoms with Gasteiger partial charge in [0.15, 0.2) is 0 Å². The summed E-state index contributed by atoms with van der Waals surface area (Å²) in [6.45, 7) is 0.976. The summed E-state index contributed by atoms with van der Waals surface area (Å²) in [7, 11) is 0. The molecule has 2 unspecified atom stereocenters. The van der Waals surface area contributed by atoms with Crippen LogP contribution in [-0.4, -0.2) is 12.7 Å². The molecule has 0 spiro atoms. The van der Waals surface area contributed by atoms with Crippen LogP contribution in [0.25, 0.3) is 0 Å². The topological polar surface area (TPSA) is 35.2 Å². The zero-order chi connectivity index (χ0) is 12.6. The van der Waals surface area contributed by atoms with Crippen LogP contribution >= 0.6 is 0 Å². The fourth-order valence-corrected chi connectivity index (χ4v) is 2.65. The van der Waals surface area contributed by atoms with Crippen LogP contribution < -0.4 is 5.73 Å². The molecule has 2 nitrogen and oxygen atoms in total. The molecule has 0 radical (unpaired) electrons. The highest BCUT2D eigenvalue weighted by Crippen LogP contribution is 2.20. The molecule has 1 aliphatic heterocycles. The average molecular weight is 247 g/mol. The third-order valence-corrected chi connectivity index (χ3v) is 3.79. The number of hydrogen-bond donors (Lipinski definition) is 1. The fraction of sp³-hybridized carbons (Fsp3) is 0.625. The minimum Gasteiger partial charge on any atom is -0.378 e. The summed E-state index contributed by atoms with van der Waals surface area (Å²) >= 11 is 0. The van der Waals surface area contributed by atoms with Gasteiger partial charge in [-0.3, -0.25) is 0 Å². The van der Waals surface area contributed by atoms with Gasteiger partial charge >= 0.3 is 0 Å². The minimum absolute atomic E-state index is 0.203. The molecule has 2 N–H and O–H groups in total. The van der Waals surface area contributed by atoms with Crippen LogP contribution in [0.3, 0.4) is 0 Å². The molecule has 0 saturated carbocycles. The monoisotopic (exact) mass is 247 g/mol. The Bertz CT molecular complexity index is 319. The van der Waals surface area contributed by atoms with E-state index in [1.54, 1.807) is 0 Å². The van der Waals surface area contributed by atoms with Gasteiger partial charge in [0.25, 0.3) is 0 Å². The standard InChI is InChI=1S/C16H25NO/c17-16(14-8-3-1-4-9-14)12-6-2-5-10-15-11-7-13-18-15/h1,3-4,8-9,15-16H,2,5-7,10-13,17H2. The van der Waals surface area contributed by atoms with Gasteiger partial charge in [0.05, 0.1) is 6.10 Å².